The number of benzene rings is 2. The molecule has 0 atom stereocenters. The lowest BCUT2D eigenvalue weighted by Gasteiger charge is -2.21. The van der Waals surface area contributed by atoms with Gasteiger partial charge in [-0.2, -0.15) is 0 Å². The minimum absolute atomic E-state index is 0.0849. The van der Waals surface area contributed by atoms with Gasteiger partial charge in [-0.05, 0) is 30.7 Å². The standard InChI is InChI=1S/C18H18Cl2N2O2/c1-2-22(12-13-6-4-3-5-7-13)17(23)11-21-18(24)15-9-8-14(19)10-16(15)20/h3-10H,2,11-12H2,1H3,(H,21,24). The lowest BCUT2D eigenvalue weighted by molar-refractivity contribution is -0.130. The Morgan fingerprint density at radius 3 is 2.42 bits per heavy atom. The van der Waals surface area contributed by atoms with Gasteiger partial charge in [-0.3, -0.25) is 9.59 Å². The van der Waals surface area contributed by atoms with Gasteiger partial charge in [0.05, 0.1) is 17.1 Å². The molecule has 2 amide bonds. The summed E-state index contributed by atoms with van der Waals surface area (Å²) in [6, 6.07) is 14.3. The van der Waals surface area contributed by atoms with E-state index in [2.05, 4.69) is 5.32 Å². The van der Waals surface area contributed by atoms with E-state index in [0.717, 1.165) is 5.56 Å². The number of likely N-dealkylation sites (N-methyl/N-ethyl adjacent to an activating group) is 1. The van der Waals surface area contributed by atoms with Crippen LogP contribution >= 0.6 is 23.2 Å². The number of carbonyl (C=O) groups excluding carboxylic acids is 2. The first kappa shape index (κ1) is 18.3. The molecule has 6 heteroatoms. The van der Waals surface area contributed by atoms with E-state index in [1.165, 1.54) is 12.1 Å². The largest absolute Gasteiger partial charge is 0.343 e. The van der Waals surface area contributed by atoms with Crippen molar-refractivity contribution in [1.82, 2.24) is 10.2 Å². The van der Waals surface area contributed by atoms with Crippen molar-refractivity contribution < 1.29 is 9.59 Å². The highest BCUT2D eigenvalue weighted by Crippen LogP contribution is 2.20. The molecule has 1 N–H and O–H groups in total. The summed E-state index contributed by atoms with van der Waals surface area (Å²) in [5.41, 5.74) is 1.33. The van der Waals surface area contributed by atoms with Gasteiger partial charge in [0.1, 0.15) is 0 Å². The van der Waals surface area contributed by atoms with Crippen LogP contribution in [0.3, 0.4) is 0 Å². The van der Waals surface area contributed by atoms with Gasteiger partial charge in [0.2, 0.25) is 5.91 Å². The summed E-state index contributed by atoms with van der Waals surface area (Å²) in [5.74, 6) is -0.555. The van der Waals surface area contributed by atoms with E-state index in [1.807, 2.05) is 37.3 Å². The van der Waals surface area contributed by atoms with Crippen molar-refractivity contribution in [2.24, 2.45) is 0 Å². The van der Waals surface area contributed by atoms with E-state index < -0.39 is 5.91 Å². The Labute approximate surface area is 151 Å². The number of amides is 2. The highest BCUT2D eigenvalue weighted by Gasteiger charge is 2.15. The predicted octanol–water partition coefficient (Wildman–Crippen LogP) is 3.77. The third kappa shape index (κ3) is 4.98. The SMILES string of the molecule is CCN(Cc1ccccc1)C(=O)CNC(=O)c1ccc(Cl)cc1Cl. The van der Waals surface area contributed by atoms with Crippen LogP contribution in [0.4, 0.5) is 0 Å². The molecule has 0 spiro atoms. The predicted molar refractivity (Wildman–Crippen MR) is 96.3 cm³/mol. The zero-order valence-electron chi connectivity index (χ0n) is 13.3. The summed E-state index contributed by atoms with van der Waals surface area (Å²) < 4.78 is 0. The quantitative estimate of drug-likeness (QED) is 0.847. The van der Waals surface area contributed by atoms with Gasteiger partial charge >= 0.3 is 0 Å². The van der Waals surface area contributed by atoms with Gasteiger partial charge in [0.25, 0.3) is 5.91 Å². The van der Waals surface area contributed by atoms with E-state index >= 15 is 0 Å². The van der Waals surface area contributed by atoms with E-state index in [4.69, 9.17) is 23.2 Å². The molecule has 2 aromatic carbocycles. The lowest BCUT2D eigenvalue weighted by Crippen LogP contribution is -2.39. The van der Waals surface area contributed by atoms with Gasteiger partial charge in [0.15, 0.2) is 0 Å². The van der Waals surface area contributed by atoms with Crippen molar-refractivity contribution in [1.29, 1.82) is 0 Å². The summed E-state index contributed by atoms with van der Waals surface area (Å²) in [6.45, 7) is 2.89. The minimum Gasteiger partial charge on any atom is -0.343 e. The zero-order chi connectivity index (χ0) is 17.5. The molecule has 0 heterocycles. The molecule has 0 saturated heterocycles. The molecule has 126 valence electrons. The maximum Gasteiger partial charge on any atom is 0.253 e. The average Bonchev–Trinajstić information content (AvgIpc) is 2.58. The van der Waals surface area contributed by atoms with Crippen molar-refractivity contribution in [3.63, 3.8) is 0 Å². The van der Waals surface area contributed by atoms with Crippen LogP contribution in [-0.4, -0.2) is 29.8 Å². The summed E-state index contributed by atoms with van der Waals surface area (Å²) in [5, 5.41) is 3.31. The summed E-state index contributed by atoms with van der Waals surface area (Å²) in [7, 11) is 0. The molecule has 0 aliphatic rings. The first-order valence-electron chi connectivity index (χ1n) is 7.56. The minimum atomic E-state index is -0.402. The second kappa shape index (κ2) is 8.71. The van der Waals surface area contributed by atoms with Gasteiger partial charge in [-0.25, -0.2) is 0 Å². The van der Waals surface area contributed by atoms with Gasteiger partial charge < -0.3 is 10.2 Å². The van der Waals surface area contributed by atoms with Crippen LogP contribution < -0.4 is 5.32 Å². The number of nitrogens with one attached hydrogen (secondary N) is 1. The summed E-state index contributed by atoms with van der Waals surface area (Å²) >= 11 is 11.8. The van der Waals surface area contributed by atoms with Crippen molar-refractivity contribution in [2.45, 2.75) is 13.5 Å². The molecule has 0 fully saturated rings. The molecule has 0 saturated carbocycles. The summed E-state index contributed by atoms with van der Waals surface area (Å²) in [4.78, 5) is 26.1. The van der Waals surface area contributed by atoms with E-state index in [0.29, 0.717) is 23.7 Å². The Bertz CT molecular complexity index is 720. The fourth-order valence-electron chi connectivity index (χ4n) is 2.22. The highest BCUT2D eigenvalue weighted by atomic mass is 35.5. The smallest absolute Gasteiger partial charge is 0.253 e. The molecule has 0 aliphatic heterocycles. The number of carbonyl (C=O) groups is 2. The molecule has 2 rings (SSSR count). The highest BCUT2D eigenvalue weighted by molar-refractivity contribution is 6.36. The van der Waals surface area contributed by atoms with Gasteiger partial charge in [-0.1, -0.05) is 53.5 Å². The molecule has 0 aliphatic carbocycles. The van der Waals surface area contributed by atoms with Crippen LogP contribution in [0.15, 0.2) is 48.5 Å². The molecule has 0 bridgehead atoms. The van der Waals surface area contributed by atoms with E-state index in [-0.39, 0.29) is 17.5 Å². The molecular weight excluding hydrogens is 347 g/mol. The fourth-order valence-corrected chi connectivity index (χ4v) is 2.71. The van der Waals surface area contributed by atoms with Crippen molar-refractivity contribution in [2.75, 3.05) is 13.1 Å². The Balaban J connectivity index is 1.94. The molecule has 0 unspecified atom stereocenters. The van der Waals surface area contributed by atoms with E-state index in [9.17, 15) is 9.59 Å². The Kier molecular flexibility index (Phi) is 6.64. The monoisotopic (exact) mass is 364 g/mol. The Morgan fingerprint density at radius 1 is 1.08 bits per heavy atom. The maximum atomic E-state index is 12.3. The second-order valence-corrected chi connectivity index (χ2v) is 6.04. The van der Waals surface area contributed by atoms with Gasteiger partial charge in [0, 0.05) is 18.1 Å². The molecule has 4 nitrogen and oxygen atoms in total. The van der Waals surface area contributed by atoms with Crippen LogP contribution in [0.5, 0.6) is 0 Å². The van der Waals surface area contributed by atoms with Gasteiger partial charge in [-0.15, -0.1) is 0 Å². The van der Waals surface area contributed by atoms with Crippen LogP contribution in [0, 0.1) is 0 Å². The number of halogens is 2. The van der Waals surface area contributed by atoms with Crippen LogP contribution in [0.1, 0.15) is 22.8 Å². The lowest BCUT2D eigenvalue weighted by atomic mass is 10.2. The maximum absolute atomic E-state index is 12.3. The number of rotatable bonds is 6. The van der Waals surface area contributed by atoms with Crippen molar-refractivity contribution >= 4 is 35.0 Å². The fraction of sp³-hybridized carbons (Fsp3) is 0.222. The third-order valence-corrected chi connectivity index (χ3v) is 4.07. The first-order valence-corrected chi connectivity index (χ1v) is 8.31. The molecular formula is C18H18Cl2N2O2. The summed E-state index contributed by atoms with van der Waals surface area (Å²) in [6.07, 6.45) is 0. The van der Waals surface area contributed by atoms with Crippen molar-refractivity contribution in [3.8, 4) is 0 Å². The molecule has 24 heavy (non-hydrogen) atoms. The molecule has 0 radical (unpaired) electrons. The van der Waals surface area contributed by atoms with Crippen LogP contribution in [-0.2, 0) is 11.3 Å². The van der Waals surface area contributed by atoms with E-state index in [1.54, 1.807) is 11.0 Å². The Morgan fingerprint density at radius 2 is 1.79 bits per heavy atom. The topological polar surface area (TPSA) is 49.4 Å². The molecule has 0 aromatic heterocycles. The van der Waals surface area contributed by atoms with Crippen molar-refractivity contribution in [3.05, 3.63) is 69.7 Å². The zero-order valence-corrected chi connectivity index (χ0v) is 14.8. The number of hydrogen-bond donors (Lipinski definition) is 1. The Hall–Kier alpha value is -2.04. The average molecular weight is 365 g/mol. The van der Waals surface area contributed by atoms with Crippen LogP contribution in [0.25, 0.3) is 0 Å². The first-order chi connectivity index (χ1) is 11.5. The second-order valence-electron chi connectivity index (χ2n) is 5.20. The van der Waals surface area contributed by atoms with Crippen LogP contribution in [0.2, 0.25) is 10.0 Å². The normalized spacial score (nSPS) is 10.3. The third-order valence-electron chi connectivity index (χ3n) is 3.53. The number of hydrogen-bond acceptors (Lipinski definition) is 2. The molecule has 2 aromatic rings. The number of nitrogens with zero attached hydrogens (tertiary/aromatic N) is 1.